The van der Waals surface area contributed by atoms with Crippen LogP contribution in [-0.2, 0) is 14.3 Å². The maximum absolute atomic E-state index is 10.7. The van der Waals surface area contributed by atoms with Gasteiger partial charge in [-0.1, -0.05) is 80.2 Å². The zero-order valence-corrected chi connectivity index (χ0v) is 18.6. The topological polar surface area (TPSA) is 35.5 Å². The molecule has 0 radical (unpaired) electrons. The fourth-order valence-corrected chi connectivity index (χ4v) is 2.35. The zero-order chi connectivity index (χ0) is 20.3. The molecule has 0 aliphatic rings. The summed E-state index contributed by atoms with van der Waals surface area (Å²) in [6.07, 6.45) is 8.69. The van der Waals surface area contributed by atoms with Crippen molar-refractivity contribution in [1.82, 2.24) is 0 Å². The first-order chi connectivity index (χ1) is 11.7. The van der Waals surface area contributed by atoms with Crippen LogP contribution in [0.2, 0.25) is 0 Å². The average Bonchev–Trinajstić information content (AvgIpc) is 2.48. The van der Waals surface area contributed by atoms with Gasteiger partial charge >= 0.3 is 5.97 Å². The SMILES string of the molecule is C=CCC(C)(C)C.CC.CCCC(CCC)CCOC(C)OC(C)=O. The number of carbonyl (C=O) groups excluding carboxylic acids is 1. The Hall–Kier alpha value is -0.830. The summed E-state index contributed by atoms with van der Waals surface area (Å²) in [6, 6.07) is 0. The molecule has 0 saturated carbocycles. The van der Waals surface area contributed by atoms with Gasteiger partial charge in [-0.15, -0.1) is 6.58 Å². The van der Waals surface area contributed by atoms with Crippen LogP contribution in [-0.4, -0.2) is 18.9 Å². The van der Waals surface area contributed by atoms with Crippen molar-refractivity contribution in [3.8, 4) is 0 Å². The number of hydrogen-bond acceptors (Lipinski definition) is 3. The van der Waals surface area contributed by atoms with E-state index in [0.717, 1.165) is 18.8 Å². The van der Waals surface area contributed by atoms with E-state index in [0.29, 0.717) is 12.0 Å². The van der Waals surface area contributed by atoms with E-state index in [9.17, 15) is 4.79 Å². The summed E-state index contributed by atoms with van der Waals surface area (Å²) >= 11 is 0. The molecule has 0 rings (SSSR count). The third-order valence-corrected chi connectivity index (χ3v) is 3.36. The fraction of sp³-hybridized carbons (Fsp3) is 0.864. The van der Waals surface area contributed by atoms with Gasteiger partial charge in [0.1, 0.15) is 0 Å². The molecule has 0 aliphatic carbocycles. The van der Waals surface area contributed by atoms with Crippen molar-refractivity contribution in [3.05, 3.63) is 12.7 Å². The molecule has 0 heterocycles. The lowest BCUT2D eigenvalue weighted by Gasteiger charge is -2.17. The van der Waals surface area contributed by atoms with Gasteiger partial charge < -0.3 is 9.47 Å². The summed E-state index contributed by atoms with van der Waals surface area (Å²) in [5.74, 6) is 0.464. The summed E-state index contributed by atoms with van der Waals surface area (Å²) in [5, 5.41) is 0. The second-order valence-electron chi connectivity index (χ2n) is 7.33. The minimum absolute atomic E-state index is 0.286. The van der Waals surface area contributed by atoms with E-state index in [1.807, 2.05) is 19.9 Å². The first-order valence-corrected chi connectivity index (χ1v) is 10.1. The van der Waals surface area contributed by atoms with Crippen molar-refractivity contribution in [1.29, 1.82) is 0 Å². The van der Waals surface area contributed by atoms with E-state index in [1.54, 1.807) is 6.92 Å². The quantitative estimate of drug-likeness (QED) is 0.236. The summed E-state index contributed by atoms with van der Waals surface area (Å²) in [5.41, 5.74) is 0.432. The Kier molecular flexibility index (Phi) is 22.6. The lowest BCUT2D eigenvalue weighted by atomic mass is 9.93. The third-order valence-electron chi connectivity index (χ3n) is 3.36. The van der Waals surface area contributed by atoms with Gasteiger partial charge in [-0.05, 0) is 31.1 Å². The smallest absolute Gasteiger partial charge is 0.304 e. The van der Waals surface area contributed by atoms with E-state index < -0.39 is 6.29 Å². The Morgan fingerprint density at radius 2 is 1.56 bits per heavy atom. The summed E-state index contributed by atoms with van der Waals surface area (Å²) in [7, 11) is 0. The predicted octanol–water partition coefficient (Wildman–Crippen LogP) is 7.15. The third kappa shape index (κ3) is 28.3. The number of esters is 1. The van der Waals surface area contributed by atoms with Gasteiger partial charge in [0.25, 0.3) is 0 Å². The van der Waals surface area contributed by atoms with Crippen LogP contribution in [0.5, 0.6) is 0 Å². The summed E-state index contributed by atoms with van der Waals surface area (Å²) in [4.78, 5) is 10.7. The standard InChI is InChI=1S/C13H26O3.C7H14.C2H6/c1-5-7-13(8-6-2)9-10-15-12(4)16-11(3)14;1-5-6-7(2,3)4;1-2/h12-13H,5-10H2,1-4H3;5H,1,6H2,2-4H3;1-2H3. The van der Waals surface area contributed by atoms with E-state index in [-0.39, 0.29) is 5.97 Å². The lowest BCUT2D eigenvalue weighted by Crippen LogP contribution is -2.18. The van der Waals surface area contributed by atoms with Gasteiger partial charge in [-0.25, -0.2) is 0 Å². The van der Waals surface area contributed by atoms with E-state index in [4.69, 9.17) is 9.47 Å². The molecular weight excluding hydrogens is 312 g/mol. The molecule has 1 atom stereocenters. The van der Waals surface area contributed by atoms with Crippen molar-refractivity contribution < 1.29 is 14.3 Å². The molecule has 152 valence electrons. The average molecular weight is 359 g/mol. The predicted molar refractivity (Wildman–Crippen MR) is 111 cm³/mol. The van der Waals surface area contributed by atoms with E-state index in [1.165, 1.54) is 32.6 Å². The van der Waals surface area contributed by atoms with Crippen molar-refractivity contribution >= 4 is 5.97 Å². The molecule has 0 aromatic heterocycles. The molecule has 0 aromatic carbocycles. The first-order valence-electron chi connectivity index (χ1n) is 10.1. The number of allylic oxidation sites excluding steroid dienone is 1. The molecule has 25 heavy (non-hydrogen) atoms. The van der Waals surface area contributed by atoms with Crippen LogP contribution >= 0.6 is 0 Å². The van der Waals surface area contributed by atoms with Gasteiger partial charge in [-0.2, -0.15) is 0 Å². The number of rotatable bonds is 10. The van der Waals surface area contributed by atoms with Gasteiger partial charge in [0.05, 0.1) is 6.61 Å². The summed E-state index contributed by atoms with van der Waals surface area (Å²) in [6.45, 7) is 22.5. The van der Waals surface area contributed by atoms with Gasteiger partial charge in [0, 0.05) is 6.92 Å². The van der Waals surface area contributed by atoms with Crippen LogP contribution in [0.1, 0.15) is 101 Å². The molecule has 3 nitrogen and oxygen atoms in total. The number of carbonyl (C=O) groups is 1. The largest absolute Gasteiger partial charge is 0.436 e. The van der Waals surface area contributed by atoms with Crippen LogP contribution in [0.15, 0.2) is 12.7 Å². The van der Waals surface area contributed by atoms with E-state index >= 15 is 0 Å². The van der Waals surface area contributed by atoms with Crippen LogP contribution in [0.4, 0.5) is 0 Å². The lowest BCUT2D eigenvalue weighted by molar-refractivity contribution is -0.172. The highest BCUT2D eigenvalue weighted by molar-refractivity contribution is 5.65. The molecule has 0 amide bonds. The maximum Gasteiger partial charge on any atom is 0.304 e. The Labute approximate surface area is 158 Å². The second-order valence-corrected chi connectivity index (χ2v) is 7.33. The molecule has 0 bridgehead atoms. The molecule has 0 saturated heterocycles. The van der Waals surface area contributed by atoms with Crippen molar-refractivity contribution in [2.45, 2.75) is 107 Å². The van der Waals surface area contributed by atoms with Gasteiger partial charge in [0.2, 0.25) is 0 Å². The monoisotopic (exact) mass is 358 g/mol. The van der Waals surface area contributed by atoms with Crippen molar-refractivity contribution in [3.63, 3.8) is 0 Å². The highest BCUT2D eigenvalue weighted by atomic mass is 16.7. The molecule has 0 N–H and O–H groups in total. The number of ether oxygens (including phenoxy) is 2. The number of hydrogen-bond donors (Lipinski definition) is 0. The normalized spacial score (nSPS) is 11.6. The van der Waals surface area contributed by atoms with Crippen LogP contribution in [0.25, 0.3) is 0 Å². The molecule has 0 fully saturated rings. The Morgan fingerprint density at radius 3 is 1.84 bits per heavy atom. The van der Waals surface area contributed by atoms with Crippen molar-refractivity contribution in [2.24, 2.45) is 11.3 Å². The van der Waals surface area contributed by atoms with Crippen LogP contribution in [0, 0.1) is 11.3 Å². The Bertz CT molecular complexity index is 286. The van der Waals surface area contributed by atoms with E-state index in [2.05, 4.69) is 41.2 Å². The highest BCUT2D eigenvalue weighted by Crippen LogP contribution is 2.18. The second kappa shape index (κ2) is 19.5. The zero-order valence-electron chi connectivity index (χ0n) is 18.6. The van der Waals surface area contributed by atoms with Gasteiger partial charge in [0.15, 0.2) is 6.29 Å². The molecule has 0 aliphatic heterocycles. The van der Waals surface area contributed by atoms with Crippen LogP contribution in [0.3, 0.4) is 0 Å². The van der Waals surface area contributed by atoms with Crippen LogP contribution < -0.4 is 0 Å². The molecule has 3 heteroatoms. The van der Waals surface area contributed by atoms with Crippen molar-refractivity contribution in [2.75, 3.05) is 6.61 Å². The Balaban J connectivity index is -0.000000450. The fourth-order valence-electron chi connectivity index (χ4n) is 2.35. The molecule has 1 unspecified atom stereocenters. The highest BCUT2D eigenvalue weighted by Gasteiger charge is 2.09. The molecule has 0 spiro atoms. The molecule has 0 aromatic rings. The summed E-state index contributed by atoms with van der Waals surface area (Å²) < 4.78 is 10.3. The maximum atomic E-state index is 10.7. The first kappa shape index (κ1) is 29.0. The van der Waals surface area contributed by atoms with Gasteiger partial charge in [-0.3, -0.25) is 4.79 Å². The minimum Gasteiger partial charge on any atom is -0.436 e. The Morgan fingerprint density at radius 1 is 1.08 bits per heavy atom. The molecular formula is C22H46O3. The minimum atomic E-state index is -0.415.